The van der Waals surface area contributed by atoms with Crippen LogP contribution in [-0.4, -0.2) is 10.3 Å². The summed E-state index contributed by atoms with van der Waals surface area (Å²) in [6.45, 7) is 0. The molecule has 0 fully saturated rings. The van der Waals surface area contributed by atoms with E-state index in [1.807, 2.05) is 24.3 Å². The van der Waals surface area contributed by atoms with Crippen molar-refractivity contribution in [3.8, 4) is 0 Å². The van der Waals surface area contributed by atoms with Crippen LogP contribution in [0.3, 0.4) is 0 Å². The fourth-order valence-electron chi connectivity index (χ4n) is 1.20. The second kappa shape index (κ2) is 4.60. The van der Waals surface area contributed by atoms with Crippen LogP contribution < -0.4 is 24.0 Å². The minimum atomic E-state index is -1.06. The van der Waals surface area contributed by atoms with Crippen LogP contribution in [-0.2, 0) is 11.2 Å². The van der Waals surface area contributed by atoms with Crippen molar-refractivity contribution in [3.63, 3.8) is 0 Å². The van der Waals surface area contributed by atoms with Gasteiger partial charge in [0.05, 0.1) is 5.52 Å². The molecule has 66 valence electrons. The number of rotatable bonds is 2. The molecule has 0 N–H and O–H groups in total. The summed E-state index contributed by atoms with van der Waals surface area (Å²) < 4.78 is 4.12. The van der Waals surface area contributed by atoms with Gasteiger partial charge in [-0.1, -0.05) is 18.2 Å². The molecule has 5 heteroatoms. The molecule has 0 saturated heterocycles. The maximum atomic E-state index is 10.4. The van der Waals surface area contributed by atoms with Crippen LogP contribution in [0.25, 0.3) is 10.9 Å². The molecule has 1 aromatic heterocycles. The van der Waals surface area contributed by atoms with Gasteiger partial charge in [-0.05, 0) is 17.6 Å². The van der Waals surface area contributed by atoms with Gasteiger partial charge >= 0.3 is 18.9 Å². The first-order valence-corrected chi connectivity index (χ1v) is 4.58. The molecular formula is C9H6LiNO2S. The van der Waals surface area contributed by atoms with Crippen molar-refractivity contribution in [3.05, 3.63) is 29.1 Å². The smallest absolute Gasteiger partial charge is 0.550 e. The van der Waals surface area contributed by atoms with E-state index >= 15 is 0 Å². The summed E-state index contributed by atoms with van der Waals surface area (Å²) in [6.07, 6.45) is -0.0504. The Morgan fingerprint density at radius 3 is 2.86 bits per heavy atom. The molecule has 0 saturated carbocycles. The molecule has 0 spiro atoms. The predicted molar refractivity (Wildman–Crippen MR) is 48.3 cm³/mol. The number of carboxylic acids is 1. The van der Waals surface area contributed by atoms with E-state index in [1.165, 1.54) is 11.5 Å². The molecule has 3 nitrogen and oxygen atoms in total. The zero-order valence-corrected chi connectivity index (χ0v) is 8.50. The number of hydrogen-bond donors (Lipinski definition) is 0. The number of carboxylic acid groups (broad SMARTS) is 1. The standard InChI is InChI=1S/C9H7NO2S.Li/c11-9(12)5-8-6-3-1-2-4-7(6)10-13-8;/h1-4H,5H2,(H,11,12);/q;+1/p-1. The van der Waals surface area contributed by atoms with Crippen LogP contribution >= 0.6 is 11.5 Å². The molecule has 0 unspecified atom stereocenters. The normalized spacial score (nSPS) is 9.71. The molecule has 0 bridgehead atoms. The second-order valence-electron chi connectivity index (χ2n) is 2.67. The number of carbonyl (C=O) groups excluding carboxylic acids is 1. The first kappa shape index (κ1) is 11.3. The third kappa shape index (κ3) is 2.16. The van der Waals surface area contributed by atoms with E-state index in [-0.39, 0.29) is 25.3 Å². The number of aromatic nitrogens is 1. The zero-order chi connectivity index (χ0) is 9.26. The molecule has 0 amide bonds. The Kier molecular flexibility index (Phi) is 3.70. The van der Waals surface area contributed by atoms with E-state index < -0.39 is 5.97 Å². The van der Waals surface area contributed by atoms with E-state index in [4.69, 9.17) is 0 Å². The number of carbonyl (C=O) groups is 1. The van der Waals surface area contributed by atoms with Crippen molar-refractivity contribution < 1.29 is 28.8 Å². The molecule has 2 aromatic rings. The fraction of sp³-hybridized carbons (Fsp3) is 0.111. The molecule has 0 radical (unpaired) electrons. The SMILES string of the molecule is O=C([O-])Cc1snc2ccccc12.[Li+]. The molecule has 14 heavy (non-hydrogen) atoms. The van der Waals surface area contributed by atoms with E-state index in [9.17, 15) is 9.90 Å². The van der Waals surface area contributed by atoms with Gasteiger partial charge < -0.3 is 9.90 Å². The zero-order valence-electron chi connectivity index (χ0n) is 7.69. The van der Waals surface area contributed by atoms with Crippen molar-refractivity contribution in [2.24, 2.45) is 0 Å². The fourth-order valence-corrected chi connectivity index (χ4v) is 2.02. The molecular weight excluding hydrogens is 193 g/mol. The van der Waals surface area contributed by atoms with Gasteiger partial charge in [0, 0.05) is 22.7 Å². The molecule has 1 aromatic carbocycles. The van der Waals surface area contributed by atoms with Crippen LogP contribution in [0.2, 0.25) is 0 Å². The van der Waals surface area contributed by atoms with E-state index in [1.54, 1.807) is 0 Å². The van der Waals surface area contributed by atoms with Crippen molar-refractivity contribution in [1.29, 1.82) is 0 Å². The van der Waals surface area contributed by atoms with Crippen molar-refractivity contribution in [1.82, 2.24) is 4.37 Å². The monoisotopic (exact) mass is 199 g/mol. The van der Waals surface area contributed by atoms with Crippen molar-refractivity contribution in [2.75, 3.05) is 0 Å². The Bertz CT molecular complexity index is 455. The van der Waals surface area contributed by atoms with Gasteiger partial charge in [-0.25, -0.2) is 0 Å². The molecule has 0 aliphatic heterocycles. The summed E-state index contributed by atoms with van der Waals surface area (Å²) in [5, 5.41) is 11.3. The number of aliphatic carboxylic acids is 1. The Hall–Kier alpha value is -0.823. The maximum Gasteiger partial charge on any atom is 1.00 e. The van der Waals surface area contributed by atoms with E-state index in [0.29, 0.717) is 0 Å². The number of nitrogens with zero attached hydrogens (tertiary/aromatic N) is 1. The Morgan fingerprint density at radius 1 is 1.43 bits per heavy atom. The predicted octanol–water partition coefficient (Wildman–Crippen LogP) is -2.41. The topological polar surface area (TPSA) is 53.0 Å². The minimum Gasteiger partial charge on any atom is -0.550 e. The Labute approximate surface area is 97.1 Å². The second-order valence-corrected chi connectivity index (χ2v) is 3.53. The molecule has 1 heterocycles. The number of hydrogen-bond acceptors (Lipinski definition) is 4. The summed E-state index contributed by atoms with van der Waals surface area (Å²) in [7, 11) is 0. The summed E-state index contributed by atoms with van der Waals surface area (Å²) in [5.74, 6) is -1.06. The van der Waals surface area contributed by atoms with Gasteiger partial charge in [-0.2, -0.15) is 4.37 Å². The van der Waals surface area contributed by atoms with Gasteiger partial charge in [0.25, 0.3) is 0 Å². The summed E-state index contributed by atoms with van der Waals surface area (Å²) >= 11 is 1.22. The van der Waals surface area contributed by atoms with Gasteiger partial charge in [-0.3, -0.25) is 0 Å². The van der Waals surface area contributed by atoms with Crippen LogP contribution in [0.1, 0.15) is 4.88 Å². The number of benzene rings is 1. The average Bonchev–Trinajstić information content (AvgIpc) is 2.48. The maximum absolute atomic E-state index is 10.4. The van der Waals surface area contributed by atoms with E-state index in [2.05, 4.69) is 4.37 Å². The first-order valence-electron chi connectivity index (χ1n) is 3.80. The van der Waals surface area contributed by atoms with Gasteiger partial charge in [0.2, 0.25) is 0 Å². The van der Waals surface area contributed by atoms with Gasteiger partial charge in [0.15, 0.2) is 0 Å². The van der Waals surface area contributed by atoms with Gasteiger partial charge in [0.1, 0.15) is 0 Å². The van der Waals surface area contributed by atoms with Crippen molar-refractivity contribution >= 4 is 28.4 Å². The van der Waals surface area contributed by atoms with Crippen molar-refractivity contribution in [2.45, 2.75) is 6.42 Å². The van der Waals surface area contributed by atoms with Gasteiger partial charge in [-0.15, -0.1) is 0 Å². The third-order valence-corrected chi connectivity index (χ3v) is 2.64. The minimum absolute atomic E-state index is 0. The first-order chi connectivity index (χ1) is 6.27. The largest absolute Gasteiger partial charge is 1.00 e. The quantitative estimate of drug-likeness (QED) is 0.506. The summed E-state index contributed by atoms with van der Waals surface area (Å²) in [6, 6.07) is 7.49. The van der Waals surface area contributed by atoms with Crippen LogP contribution in [0.15, 0.2) is 24.3 Å². The number of fused-ring (bicyclic) bond motifs is 1. The molecule has 0 aliphatic rings. The Balaban J connectivity index is 0.000000980. The summed E-state index contributed by atoms with van der Waals surface area (Å²) in [5.41, 5.74) is 0.851. The third-order valence-electron chi connectivity index (χ3n) is 1.76. The van der Waals surface area contributed by atoms with Crippen LogP contribution in [0.5, 0.6) is 0 Å². The molecule has 0 aliphatic carbocycles. The summed E-state index contributed by atoms with van der Waals surface area (Å²) in [4.78, 5) is 11.1. The molecule has 0 atom stereocenters. The van der Waals surface area contributed by atoms with Crippen LogP contribution in [0.4, 0.5) is 0 Å². The van der Waals surface area contributed by atoms with E-state index in [0.717, 1.165) is 15.8 Å². The molecule has 2 rings (SSSR count). The Morgan fingerprint density at radius 2 is 2.14 bits per heavy atom. The average molecular weight is 199 g/mol. The van der Waals surface area contributed by atoms with Crippen LogP contribution in [0, 0.1) is 0 Å².